The topological polar surface area (TPSA) is 55.8 Å². The molecule has 0 fully saturated rings. The third kappa shape index (κ3) is 4.61. The van der Waals surface area contributed by atoms with Gasteiger partial charge in [0.1, 0.15) is 11.5 Å². The highest BCUT2D eigenvalue weighted by Gasteiger charge is 2.27. The van der Waals surface area contributed by atoms with Crippen LogP contribution in [0.15, 0.2) is 71.6 Å². The summed E-state index contributed by atoms with van der Waals surface area (Å²) in [6.07, 6.45) is 0. The molecule has 0 spiro atoms. The second-order valence-electron chi connectivity index (χ2n) is 6.09. The molecule has 0 unspecified atom stereocenters. The highest BCUT2D eigenvalue weighted by Crippen LogP contribution is 2.32. The summed E-state index contributed by atoms with van der Waals surface area (Å²) >= 11 is 12.6. The van der Waals surface area contributed by atoms with Gasteiger partial charge in [-0.25, -0.2) is 8.42 Å². The molecule has 0 aliphatic rings. The summed E-state index contributed by atoms with van der Waals surface area (Å²) in [4.78, 5) is 0.122. The summed E-state index contributed by atoms with van der Waals surface area (Å²) in [6.45, 7) is -0.0286. The van der Waals surface area contributed by atoms with Crippen LogP contribution in [-0.2, 0) is 16.6 Å². The molecule has 0 aliphatic heterocycles. The Labute approximate surface area is 180 Å². The van der Waals surface area contributed by atoms with Crippen LogP contribution in [-0.4, -0.2) is 22.6 Å². The summed E-state index contributed by atoms with van der Waals surface area (Å²) in [5.41, 5.74) is 0.973. The van der Waals surface area contributed by atoms with Crippen LogP contribution < -0.4 is 13.8 Å². The number of sulfonamides is 1. The van der Waals surface area contributed by atoms with E-state index < -0.39 is 10.0 Å². The van der Waals surface area contributed by atoms with Crippen molar-refractivity contribution in [2.75, 3.05) is 18.5 Å². The number of benzene rings is 3. The van der Waals surface area contributed by atoms with Crippen molar-refractivity contribution in [1.29, 1.82) is 0 Å². The van der Waals surface area contributed by atoms with Gasteiger partial charge in [-0.1, -0.05) is 29.3 Å². The van der Waals surface area contributed by atoms with Gasteiger partial charge in [-0.05, 0) is 60.7 Å². The second-order valence-corrected chi connectivity index (χ2v) is 8.76. The van der Waals surface area contributed by atoms with Gasteiger partial charge in [0.2, 0.25) is 0 Å². The fourth-order valence-corrected chi connectivity index (χ4v) is 4.72. The first kappa shape index (κ1) is 21.3. The van der Waals surface area contributed by atoms with E-state index in [2.05, 4.69) is 0 Å². The molecule has 0 amide bonds. The first-order chi connectivity index (χ1) is 13.9. The molecule has 0 bridgehead atoms. The van der Waals surface area contributed by atoms with Crippen molar-refractivity contribution in [1.82, 2.24) is 0 Å². The van der Waals surface area contributed by atoms with Gasteiger partial charge in [0.05, 0.1) is 31.3 Å². The Morgan fingerprint density at radius 1 is 0.793 bits per heavy atom. The van der Waals surface area contributed by atoms with Gasteiger partial charge in [-0.2, -0.15) is 0 Å². The molecule has 3 rings (SSSR count). The quantitative estimate of drug-likeness (QED) is 0.481. The van der Waals surface area contributed by atoms with E-state index in [-0.39, 0.29) is 11.4 Å². The average Bonchev–Trinajstić information content (AvgIpc) is 2.73. The minimum atomic E-state index is -3.91. The molecular formula is C21H19Cl2NO4S. The summed E-state index contributed by atoms with van der Waals surface area (Å²) < 4.78 is 38.5. The Morgan fingerprint density at radius 3 is 1.76 bits per heavy atom. The van der Waals surface area contributed by atoms with Gasteiger partial charge in [0.15, 0.2) is 0 Å². The Balaban J connectivity index is 2.10. The van der Waals surface area contributed by atoms with Crippen molar-refractivity contribution < 1.29 is 17.9 Å². The molecule has 0 heterocycles. The van der Waals surface area contributed by atoms with Crippen LogP contribution >= 0.6 is 23.2 Å². The van der Waals surface area contributed by atoms with Crippen molar-refractivity contribution in [2.45, 2.75) is 11.4 Å². The number of hydrogen-bond donors (Lipinski definition) is 0. The highest BCUT2D eigenvalue weighted by atomic mass is 35.5. The van der Waals surface area contributed by atoms with Gasteiger partial charge in [-0.3, -0.25) is 4.31 Å². The Bertz CT molecular complexity index is 1060. The van der Waals surface area contributed by atoms with E-state index in [9.17, 15) is 8.42 Å². The number of hydrogen-bond acceptors (Lipinski definition) is 4. The Hall–Kier alpha value is -2.41. The zero-order chi connectivity index (χ0) is 21.0. The largest absolute Gasteiger partial charge is 0.497 e. The van der Waals surface area contributed by atoms with Crippen LogP contribution in [0.1, 0.15) is 5.56 Å². The zero-order valence-corrected chi connectivity index (χ0v) is 18.1. The first-order valence-corrected chi connectivity index (χ1v) is 10.8. The van der Waals surface area contributed by atoms with Crippen molar-refractivity contribution in [3.63, 3.8) is 0 Å². The fourth-order valence-electron chi connectivity index (χ4n) is 2.77. The summed E-state index contributed by atoms with van der Waals surface area (Å²) in [6, 6.07) is 18.0. The highest BCUT2D eigenvalue weighted by molar-refractivity contribution is 7.92. The summed E-state index contributed by atoms with van der Waals surface area (Å²) in [7, 11) is -0.844. The molecule has 0 aliphatic carbocycles. The van der Waals surface area contributed by atoms with Gasteiger partial charge >= 0.3 is 0 Å². The van der Waals surface area contributed by atoms with E-state index >= 15 is 0 Å². The maximum absolute atomic E-state index is 13.5. The molecule has 152 valence electrons. The molecule has 0 saturated heterocycles. The van der Waals surface area contributed by atoms with E-state index in [1.54, 1.807) is 61.7 Å². The lowest BCUT2D eigenvalue weighted by molar-refractivity contribution is 0.414. The predicted octanol–water partition coefficient (Wildman–Crippen LogP) is 5.41. The van der Waals surface area contributed by atoms with Crippen LogP contribution in [0.25, 0.3) is 0 Å². The van der Waals surface area contributed by atoms with E-state index in [0.29, 0.717) is 32.8 Å². The summed E-state index contributed by atoms with van der Waals surface area (Å²) in [5.74, 6) is 1.18. The molecule has 5 nitrogen and oxygen atoms in total. The van der Waals surface area contributed by atoms with Crippen molar-refractivity contribution in [3.8, 4) is 11.5 Å². The third-order valence-electron chi connectivity index (χ3n) is 4.37. The number of nitrogens with zero attached hydrogens (tertiary/aromatic N) is 1. The van der Waals surface area contributed by atoms with E-state index in [4.69, 9.17) is 32.7 Å². The normalized spacial score (nSPS) is 11.2. The molecule has 29 heavy (non-hydrogen) atoms. The Kier molecular flexibility index (Phi) is 6.57. The lowest BCUT2D eigenvalue weighted by atomic mass is 10.2. The van der Waals surface area contributed by atoms with Crippen molar-refractivity contribution in [3.05, 3.63) is 82.3 Å². The van der Waals surface area contributed by atoms with Gasteiger partial charge < -0.3 is 9.47 Å². The minimum Gasteiger partial charge on any atom is -0.497 e. The number of halogens is 2. The van der Waals surface area contributed by atoms with E-state index in [1.807, 2.05) is 0 Å². The molecule has 3 aromatic carbocycles. The van der Waals surface area contributed by atoms with Crippen LogP contribution in [0.2, 0.25) is 10.0 Å². The SMILES string of the molecule is COc1ccc(N(Cc2c(Cl)cccc2Cl)S(=O)(=O)c2ccc(OC)cc2)cc1. The molecule has 8 heteroatoms. The van der Waals surface area contributed by atoms with Crippen LogP contribution in [0, 0.1) is 0 Å². The molecule has 0 atom stereocenters. The third-order valence-corrected chi connectivity index (χ3v) is 6.87. The number of ether oxygens (including phenoxy) is 2. The van der Waals surface area contributed by atoms with E-state index in [0.717, 1.165) is 0 Å². The minimum absolute atomic E-state index is 0.0286. The van der Waals surface area contributed by atoms with Crippen molar-refractivity contribution in [2.24, 2.45) is 0 Å². The molecular weight excluding hydrogens is 433 g/mol. The van der Waals surface area contributed by atoms with Crippen LogP contribution in [0.5, 0.6) is 11.5 Å². The molecule has 0 N–H and O–H groups in total. The van der Waals surface area contributed by atoms with Gasteiger partial charge in [-0.15, -0.1) is 0 Å². The molecule has 0 aromatic heterocycles. The van der Waals surface area contributed by atoms with Crippen molar-refractivity contribution >= 4 is 38.9 Å². The number of anilines is 1. The lowest BCUT2D eigenvalue weighted by Gasteiger charge is -2.26. The first-order valence-electron chi connectivity index (χ1n) is 8.60. The fraction of sp³-hybridized carbons (Fsp3) is 0.143. The molecule has 0 radical (unpaired) electrons. The smallest absolute Gasteiger partial charge is 0.264 e. The summed E-state index contributed by atoms with van der Waals surface area (Å²) in [5, 5.41) is 0.780. The van der Waals surface area contributed by atoms with Gasteiger partial charge in [0.25, 0.3) is 10.0 Å². The maximum Gasteiger partial charge on any atom is 0.264 e. The predicted molar refractivity (Wildman–Crippen MR) is 116 cm³/mol. The standard InChI is InChI=1S/C21H19Cl2NO4S/c1-27-16-8-6-15(7-9-16)24(14-19-20(22)4-3-5-21(19)23)29(25,26)18-12-10-17(28-2)11-13-18/h3-13H,14H2,1-2H3. The number of methoxy groups -OCH3 is 2. The van der Waals surface area contributed by atoms with E-state index in [1.165, 1.54) is 23.5 Å². The monoisotopic (exact) mass is 451 g/mol. The Morgan fingerprint density at radius 2 is 1.28 bits per heavy atom. The molecule has 0 saturated carbocycles. The zero-order valence-electron chi connectivity index (χ0n) is 15.8. The maximum atomic E-state index is 13.5. The lowest BCUT2D eigenvalue weighted by Crippen LogP contribution is -2.30. The number of rotatable bonds is 7. The van der Waals surface area contributed by atoms with Gasteiger partial charge in [0, 0.05) is 15.6 Å². The molecule has 3 aromatic rings. The van der Waals surface area contributed by atoms with Crippen LogP contribution in [0.3, 0.4) is 0 Å². The van der Waals surface area contributed by atoms with Crippen LogP contribution in [0.4, 0.5) is 5.69 Å². The second kappa shape index (κ2) is 8.95. The average molecular weight is 452 g/mol.